The van der Waals surface area contributed by atoms with Crippen LogP contribution in [0.25, 0.3) is 12.2 Å². The predicted molar refractivity (Wildman–Crippen MR) is 130 cm³/mol. The summed E-state index contributed by atoms with van der Waals surface area (Å²) in [6, 6.07) is 11.1. The fourth-order valence-corrected chi connectivity index (χ4v) is 4.80. The van der Waals surface area contributed by atoms with E-state index in [-0.39, 0.29) is 5.56 Å². The first-order valence-electron chi connectivity index (χ1n) is 11.3. The first kappa shape index (κ1) is 23.2. The number of aliphatic hydroxyl groups is 2. The number of nitrogens with zero attached hydrogens (tertiary/aromatic N) is 2. The van der Waals surface area contributed by atoms with Crippen molar-refractivity contribution < 1.29 is 20.1 Å². The molecule has 0 unspecified atom stereocenters. The molecule has 174 valence electrons. The third kappa shape index (κ3) is 4.21. The Balaban J connectivity index is 1.80. The number of rotatable bonds is 5. The monoisotopic (exact) mass is 448 g/mol. The van der Waals surface area contributed by atoms with Gasteiger partial charge in [0.05, 0.1) is 24.3 Å². The molecular weight excluding hydrogens is 416 g/mol. The van der Waals surface area contributed by atoms with Crippen LogP contribution >= 0.6 is 0 Å². The maximum atomic E-state index is 11.1. The summed E-state index contributed by atoms with van der Waals surface area (Å²) >= 11 is 0. The van der Waals surface area contributed by atoms with Crippen LogP contribution in [0.5, 0.6) is 0 Å². The van der Waals surface area contributed by atoms with Crippen molar-refractivity contribution in [3.63, 3.8) is 0 Å². The number of benzene rings is 2. The quantitative estimate of drug-likeness (QED) is 0.601. The second-order valence-electron chi connectivity index (χ2n) is 10.2. The molecule has 1 heterocycles. The number of carboxylic acids is 1. The van der Waals surface area contributed by atoms with Crippen LogP contribution in [0.4, 0.5) is 0 Å². The average molecular weight is 449 g/mol. The van der Waals surface area contributed by atoms with E-state index in [4.69, 9.17) is 5.11 Å². The van der Waals surface area contributed by atoms with Gasteiger partial charge in [0.15, 0.2) is 0 Å². The molecule has 0 fully saturated rings. The number of carboxylic acid groups (broad SMARTS) is 1. The Morgan fingerprint density at radius 1 is 1.03 bits per heavy atom. The number of hydrogen-bond donors (Lipinski definition) is 3. The molecule has 0 radical (unpaired) electrons. The van der Waals surface area contributed by atoms with Crippen LogP contribution < -0.4 is 0 Å². The van der Waals surface area contributed by atoms with Crippen LogP contribution in [-0.2, 0) is 17.4 Å². The van der Waals surface area contributed by atoms with Crippen molar-refractivity contribution in [1.82, 2.24) is 5.01 Å². The van der Waals surface area contributed by atoms with Crippen LogP contribution in [0.2, 0.25) is 0 Å². The summed E-state index contributed by atoms with van der Waals surface area (Å²) in [5.74, 6) is -0.945. The van der Waals surface area contributed by atoms with Crippen LogP contribution in [0.15, 0.2) is 41.5 Å². The van der Waals surface area contributed by atoms with Gasteiger partial charge < -0.3 is 15.3 Å². The molecule has 0 saturated carbocycles. The molecule has 2 aromatic rings. The summed E-state index contributed by atoms with van der Waals surface area (Å²) in [6.07, 6.45) is 5.10. The van der Waals surface area contributed by atoms with Gasteiger partial charge in [0, 0.05) is 30.0 Å². The summed E-state index contributed by atoms with van der Waals surface area (Å²) in [5, 5.41) is 37.4. The van der Waals surface area contributed by atoms with Gasteiger partial charge in [-0.15, -0.1) is 0 Å². The summed E-state index contributed by atoms with van der Waals surface area (Å²) < 4.78 is 0. The Bertz CT molecular complexity index is 1120. The molecule has 4 rings (SSSR count). The van der Waals surface area contributed by atoms with Crippen molar-refractivity contribution in [2.75, 3.05) is 6.54 Å². The van der Waals surface area contributed by atoms with Crippen LogP contribution in [-0.4, -0.2) is 51.3 Å². The highest BCUT2D eigenvalue weighted by molar-refractivity contribution is 5.88. The topological polar surface area (TPSA) is 93.4 Å². The first-order chi connectivity index (χ1) is 15.5. The lowest BCUT2D eigenvalue weighted by Gasteiger charge is -2.49. The van der Waals surface area contributed by atoms with Gasteiger partial charge >= 0.3 is 5.97 Å². The highest BCUT2D eigenvalue weighted by Crippen LogP contribution is 2.47. The molecule has 6 nitrogen and oxygen atoms in total. The van der Waals surface area contributed by atoms with E-state index in [1.165, 1.54) is 0 Å². The van der Waals surface area contributed by atoms with Gasteiger partial charge in [-0.1, -0.05) is 64.1 Å². The van der Waals surface area contributed by atoms with Gasteiger partial charge in [-0.05, 0) is 39.9 Å². The van der Waals surface area contributed by atoms with Crippen molar-refractivity contribution >= 4 is 24.3 Å². The summed E-state index contributed by atoms with van der Waals surface area (Å²) in [4.78, 5) is 11.1. The molecule has 1 aliphatic carbocycles. The number of hydrogen-bond acceptors (Lipinski definition) is 5. The van der Waals surface area contributed by atoms with E-state index in [2.05, 4.69) is 17.2 Å². The van der Waals surface area contributed by atoms with Gasteiger partial charge in [-0.2, -0.15) is 5.10 Å². The van der Waals surface area contributed by atoms with E-state index >= 15 is 0 Å². The molecule has 0 saturated heterocycles. The Kier molecular flexibility index (Phi) is 5.93. The van der Waals surface area contributed by atoms with Crippen molar-refractivity contribution in [3.8, 4) is 0 Å². The zero-order valence-electron chi connectivity index (χ0n) is 19.6. The molecule has 33 heavy (non-hydrogen) atoms. The lowest BCUT2D eigenvalue weighted by molar-refractivity contribution is -0.0674. The zero-order chi connectivity index (χ0) is 24.0. The Morgan fingerprint density at radius 3 is 2.18 bits per heavy atom. The molecule has 6 heteroatoms. The molecule has 1 aliphatic heterocycles. The van der Waals surface area contributed by atoms with Crippen LogP contribution in [0.1, 0.15) is 72.3 Å². The molecule has 0 bridgehead atoms. The van der Waals surface area contributed by atoms with Crippen LogP contribution in [0.3, 0.4) is 0 Å². The fraction of sp³-hybridized carbons (Fsp3) is 0.407. The lowest BCUT2D eigenvalue weighted by atomic mass is 9.59. The predicted octanol–water partition coefficient (Wildman–Crippen LogP) is 4.04. The second kappa shape index (κ2) is 8.43. The maximum Gasteiger partial charge on any atom is 0.335 e. The highest BCUT2D eigenvalue weighted by Gasteiger charge is 2.50. The minimum absolute atomic E-state index is 0.255. The molecule has 0 aromatic heterocycles. The Hall–Kier alpha value is -2.96. The van der Waals surface area contributed by atoms with Gasteiger partial charge in [0.2, 0.25) is 0 Å². The fourth-order valence-electron chi connectivity index (χ4n) is 4.80. The molecule has 2 aromatic carbocycles. The first-order valence-corrected chi connectivity index (χ1v) is 11.3. The van der Waals surface area contributed by atoms with E-state index in [1.54, 1.807) is 24.3 Å². The summed E-state index contributed by atoms with van der Waals surface area (Å²) in [6.45, 7) is 9.41. The van der Waals surface area contributed by atoms with Crippen molar-refractivity contribution in [1.29, 1.82) is 0 Å². The lowest BCUT2D eigenvalue weighted by Crippen LogP contribution is -2.56. The van der Waals surface area contributed by atoms with Gasteiger partial charge in [0.25, 0.3) is 0 Å². The minimum atomic E-state index is -0.945. The Labute approximate surface area is 194 Å². The molecule has 2 aliphatic rings. The van der Waals surface area contributed by atoms with Crippen LogP contribution in [0, 0.1) is 0 Å². The third-order valence-corrected chi connectivity index (χ3v) is 7.17. The number of hydrazone groups is 1. The van der Waals surface area contributed by atoms with E-state index in [9.17, 15) is 15.0 Å². The third-order valence-electron chi connectivity index (χ3n) is 7.17. The van der Waals surface area contributed by atoms with Crippen molar-refractivity contribution in [3.05, 3.63) is 69.8 Å². The second-order valence-corrected chi connectivity index (χ2v) is 10.2. The number of aliphatic hydroxyl groups excluding tert-OH is 2. The molecule has 3 N–H and O–H groups in total. The maximum absolute atomic E-state index is 11.1. The van der Waals surface area contributed by atoms with E-state index in [0.29, 0.717) is 6.54 Å². The standard InChI is InChI=1S/C27H32N2O4/c1-26(2)21-14-19(11-8-17-6-9-18(10-7-17)25(32)33)20(16-29-13-5-12-28-29)15-22(21)27(3,4)24(31)23(26)30/h6-12,14-15,23-24,30-31H,5,13,16H2,1-4H3,(H,32,33)/b11-8+/t23-,24-/m1/s1. The van der Waals surface area contributed by atoms with Crippen molar-refractivity contribution in [2.24, 2.45) is 5.10 Å². The zero-order valence-corrected chi connectivity index (χ0v) is 19.6. The number of aromatic carboxylic acids is 1. The van der Waals surface area contributed by atoms with Gasteiger partial charge in [-0.25, -0.2) is 4.79 Å². The van der Waals surface area contributed by atoms with Gasteiger partial charge in [-0.3, -0.25) is 5.01 Å². The Morgan fingerprint density at radius 2 is 1.64 bits per heavy atom. The SMILES string of the molecule is CC1(C)c2cc(/C=C/c3ccc(C(=O)O)cc3)c(CN3CCC=N3)cc2C(C)(C)[C@H](O)[C@H]1O. The van der Waals surface area contributed by atoms with E-state index in [0.717, 1.165) is 40.8 Å². The summed E-state index contributed by atoms with van der Waals surface area (Å²) in [7, 11) is 0. The summed E-state index contributed by atoms with van der Waals surface area (Å²) in [5.41, 5.74) is 4.14. The smallest absolute Gasteiger partial charge is 0.335 e. The van der Waals surface area contributed by atoms with Gasteiger partial charge in [0.1, 0.15) is 0 Å². The largest absolute Gasteiger partial charge is 0.478 e. The number of carbonyl (C=O) groups is 1. The molecule has 0 amide bonds. The minimum Gasteiger partial charge on any atom is -0.478 e. The highest BCUT2D eigenvalue weighted by atomic mass is 16.4. The van der Waals surface area contributed by atoms with Crippen molar-refractivity contribution in [2.45, 2.75) is 63.7 Å². The number of fused-ring (bicyclic) bond motifs is 1. The normalized spacial score (nSPS) is 23.2. The molecular formula is C27H32N2O4. The molecule has 0 spiro atoms. The average Bonchev–Trinajstić information content (AvgIpc) is 3.29. The molecule has 2 atom stereocenters. The van der Waals surface area contributed by atoms with E-state index < -0.39 is 29.0 Å². The van der Waals surface area contributed by atoms with E-state index in [1.807, 2.05) is 51.1 Å².